The maximum absolute atomic E-state index is 13.7. The van der Waals surface area contributed by atoms with Crippen molar-refractivity contribution in [3.63, 3.8) is 0 Å². The third-order valence-corrected chi connectivity index (χ3v) is 4.46. The van der Waals surface area contributed by atoms with Gasteiger partial charge in [0.2, 0.25) is 0 Å². The maximum atomic E-state index is 13.7. The molecule has 9 heteroatoms. The fraction of sp³-hybridized carbons (Fsp3) is 0.381. The number of dihydropyridines is 1. The van der Waals surface area contributed by atoms with Crippen molar-refractivity contribution in [3.8, 4) is 6.07 Å². The van der Waals surface area contributed by atoms with E-state index in [2.05, 4.69) is 5.32 Å². The van der Waals surface area contributed by atoms with Crippen molar-refractivity contribution in [2.24, 2.45) is 0 Å². The fourth-order valence-corrected chi connectivity index (χ4v) is 3.31. The Labute approximate surface area is 172 Å². The number of halogens is 3. The predicted molar refractivity (Wildman–Crippen MR) is 101 cm³/mol. The summed E-state index contributed by atoms with van der Waals surface area (Å²) in [4.78, 5) is 24.8. The lowest BCUT2D eigenvalue weighted by molar-refractivity contribution is -0.142. The van der Waals surface area contributed by atoms with Crippen molar-refractivity contribution >= 4 is 11.9 Å². The topological polar surface area (TPSA) is 88.4 Å². The normalized spacial score (nSPS) is 16.6. The molecule has 1 heterocycles. The van der Waals surface area contributed by atoms with Crippen LogP contribution in [0.1, 0.15) is 44.2 Å². The molecule has 1 atom stereocenters. The van der Waals surface area contributed by atoms with Crippen LogP contribution in [0.4, 0.5) is 13.2 Å². The summed E-state index contributed by atoms with van der Waals surface area (Å²) >= 11 is 0. The van der Waals surface area contributed by atoms with E-state index < -0.39 is 29.6 Å². The van der Waals surface area contributed by atoms with Crippen LogP contribution in [0.3, 0.4) is 0 Å². The minimum Gasteiger partial charge on any atom is -0.466 e. The Morgan fingerprint density at radius 1 is 1.17 bits per heavy atom. The summed E-state index contributed by atoms with van der Waals surface area (Å²) in [7, 11) is 0. The lowest BCUT2D eigenvalue weighted by atomic mass is 9.78. The van der Waals surface area contributed by atoms with E-state index in [0.717, 1.165) is 6.07 Å². The molecule has 1 N–H and O–H groups in total. The van der Waals surface area contributed by atoms with Gasteiger partial charge in [-0.05, 0) is 32.4 Å². The highest BCUT2D eigenvalue weighted by molar-refractivity contribution is 5.94. The van der Waals surface area contributed by atoms with Crippen LogP contribution < -0.4 is 5.32 Å². The van der Waals surface area contributed by atoms with Crippen LogP contribution >= 0.6 is 0 Å². The van der Waals surface area contributed by atoms with Gasteiger partial charge < -0.3 is 14.8 Å². The van der Waals surface area contributed by atoms with Crippen LogP contribution in [-0.4, -0.2) is 25.2 Å². The Morgan fingerprint density at radius 2 is 1.80 bits per heavy atom. The molecular weight excluding hydrogens is 401 g/mol. The molecule has 0 saturated heterocycles. The van der Waals surface area contributed by atoms with Crippen LogP contribution in [0.5, 0.6) is 0 Å². The van der Waals surface area contributed by atoms with E-state index in [1.54, 1.807) is 13.8 Å². The van der Waals surface area contributed by atoms with Gasteiger partial charge in [0.05, 0.1) is 48.3 Å². The molecule has 0 aliphatic carbocycles. The van der Waals surface area contributed by atoms with E-state index in [9.17, 15) is 28.0 Å². The molecule has 0 spiro atoms. The van der Waals surface area contributed by atoms with Crippen molar-refractivity contribution in [1.82, 2.24) is 5.32 Å². The zero-order valence-corrected chi connectivity index (χ0v) is 16.7. The van der Waals surface area contributed by atoms with Gasteiger partial charge in [-0.3, -0.25) is 4.79 Å². The highest BCUT2D eigenvalue weighted by atomic mass is 19.4. The zero-order chi connectivity index (χ0) is 22.5. The van der Waals surface area contributed by atoms with Gasteiger partial charge in [0, 0.05) is 11.4 Å². The lowest BCUT2D eigenvalue weighted by Gasteiger charge is -2.31. The molecule has 6 nitrogen and oxygen atoms in total. The summed E-state index contributed by atoms with van der Waals surface area (Å²) < 4.78 is 51.1. The molecule has 1 aliphatic heterocycles. The van der Waals surface area contributed by atoms with Gasteiger partial charge >= 0.3 is 18.1 Å². The number of nitrogens with zero attached hydrogens (tertiary/aromatic N) is 1. The molecule has 0 fully saturated rings. The first-order chi connectivity index (χ1) is 14.1. The summed E-state index contributed by atoms with van der Waals surface area (Å²) in [5.41, 5.74) is -1.25. The minimum absolute atomic E-state index is 0.0345. The maximum Gasteiger partial charge on any atom is 0.416 e. The minimum atomic E-state index is -4.71. The Balaban J connectivity index is 2.78. The third kappa shape index (κ3) is 4.82. The van der Waals surface area contributed by atoms with Crippen LogP contribution in [0.15, 0.2) is 46.8 Å². The Kier molecular flexibility index (Phi) is 7.27. The second kappa shape index (κ2) is 9.48. The van der Waals surface area contributed by atoms with Gasteiger partial charge in [0.25, 0.3) is 0 Å². The number of carbonyl (C=O) groups is 2. The third-order valence-electron chi connectivity index (χ3n) is 4.46. The fourth-order valence-electron chi connectivity index (χ4n) is 3.31. The van der Waals surface area contributed by atoms with E-state index >= 15 is 0 Å². The van der Waals surface area contributed by atoms with Crippen molar-refractivity contribution in [1.29, 1.82) is 5.26 Å². The predicted octanol–water partition coefficient (Wildman–Crippen LogP) is 3.96. The van der Waals surface area contributed by atoms with E-state index in [0.29, 0.717) is 0 Å². The number of nitrogens with one attached hydrogen (secondary N) is 1. The molecular formula is C21H21F3N2O4. The standard InChI is InChI=1S/C21H21F3N2O4/c1-4-29-17(27)10-16-19(20(28)30-5-2)18(14(11-25)12(3)26-16)13-8-6-7-9-15(13)21(22,23)24/h6-9,18,26H,4-5,10H2,1-3H3. The van der Waals surface area contributed by atoms with Gasteiger partial charge in [-0.1, -0.05) is 18.2 Å². The Bertz CT molecular complexity index is 942. The summed E-state index contributed by atoms with van der Waals surface area (Å²) in [6.45, 7) is 4.71. The van der Waals surface area contributed by atoms with Crippen molar-refractivity contribution in [3.05, 3.63) is 57.9 Å². The number of allylic oxidation sites excluding steroid dienone is 2. The smallest absolute Gasteiger partial charge is 0.416 e. The number of nitriles is 1. The zero-order valence-electron chi connectivity index (χ0n) is 16.7. The summed E-state index contributed by atoms with van der Waals surface area (Å²) in [5, 5.41) is 12.5. The highest BCUT2D eigenvalue weighted by Crippen LogP contribution is 2.44. The van der Waals surface area contributed by atoms with Crippen LogP contribution in [0.25, 0.3) is 0 Å². The van der Waals surface area contributed by atoms with Crippen molar-refractivity contribution < 1.29 is 32.2 Å². The number of carbonyl (C=O) groups excluding carboxylic acids is 2. The molecule has 0 aromatic heterocycles. The van der Waals surface area contributed by atoms with Crippen molar-refractivity contribution in [2.75, 3.05) is 13.2 Å². The molecule has 1 aromatic rings. The quantitative estimate of drug-likeness (QED) is 0.698. The largest absolute Gasteiger partial charge is 0.466 e. The van der Waals surface area contributed by atoms with Crippen LogP contribution in [0.2, 0.25) is 0 Å². The lowest BCUT2D eigenvalue weighted by Crippen LogP contribution is -2.32. The van der Waals surface area contributed by atoms with Gasteiger partial charge in [-0.15, -0.1) is 0 Å². The Hall–Kier alpha value is -3.28. The second-order valence-corrected chi connectivity index (χ2v) is 6.39. The monoisotopic (exact) mass is 422 g/mol. The van der Waals surface area contributed by atoms with Gasteiger partial charge in [-0.2, -0.15) is 18.4 Å². The number of hydrogen-bond acceptors (Lipinski definition) is 6. The highest BCUT2D eigenvalue weighted by Gasteiger charge is 2.41. The van der Waals surface area contributed by atoms with E-state index in [4.69, 9.17) is 9.47 Å². The molecule has 0 bridgehead atoms. The molecule has 160 valence electrons. The first-order valence-electron chi connectivity index (χ1n) is 9.25. The summed E-state index contributed by atoms with van der Waals surface area (Å²) in [6, 6.07) is 6.62. The van der Waals surface area contributed by atoms with Crippen LogP contribution in [-0.2, 0) is 25.2 Å². The molecule has 1 aromatic carbocycles. The summed E-state index contributed by atoms with van der Waals surface area (Å²) in [5.74, 6) is -2.93. The van der Waals surface area contributed by atoms with E-state index in [-0.39, 0.29) is 47.7 Å². The Morgan fingerprint density at radius 3 is 2.37 bits per heavy atom. The number of benzene rings is 1. The number of ether oxygens (including phenoxy) is 2. The molecule has 0 saturated carbocycles. The number of hydrogen-bond donors (Lipinski definition) is 1. The second-order valence-electron chi connectivity index (χ2n) is 6.39. The molecule has 1 unspecified atom stereocenters. The number of esters is 2. The summed E-state index contributed by atoms with van der Waals surface area (Å²) in [6.07, 6.45) is -5.10. The molecule has 30 heavy (non-hydrogen) atoms. The molecule has 0 radical (unpaired) electrons. The molecule has 2 rings (SSSR count). The average Bonchev–Trinajstić information content (AvgIpc) is 2.67. The first-order valence-corrected chi connectivity index (χ1v) is 9.25. The van der Waals surface area contributed by atoms with Gasteiger partial charge in [-0.25, -0.2) is 4.79 Å². The van der Waals surface area contributed by atoms with Crippen molar-refractivity contribution in [2.45, 2.75) is 39.3 Å². The van der Waals surface area contributed by atoms with E-state index in [1.807, 2.05) is 6.07 Å². The van der Waals surface area contributed by atoms with Gasteiger partial charge in [0.15, 0.2) is 0 Å². The van der Waals surface area contributed by atoms with Crippen LogP contribution in [0, 0.1) is 11.3 Å². The van der Waals surface area contributed by atoms with Gasteiger partial charge in [0.1, 0.15) is 0 Å². The van der Waals surface area contributed by atoms with E-state index in [1.165, 1.54) is 25.1 Å². The average molecular weight is 422 g/mol. The molecule has 1 aliphatic rings. The molecule has 0 amide bonds. The first kappa shape index (κ1) is 23.0. The SMILES string of the molecule is CCOC(=O)CC1=C(C(=O)OCC)C(c2ccccc2C(F)(F)F)C(C#N)=C(C)N1. The number of rotatable bonds is 6. The number of alkyl halides is 3.